The maximum atomic E-state index is 13.7. The Balaban J connectivity index is 2.30. The van der Waals surface area contributed by atoms with Gasteiger partial charge in [-0.05, 0) is 12.8 Å². The fourth-order valence-corrected chi connectivity index (χ4v) is 2.38. The van der Waals surface area contributed by atoms with E-state index in [9.17, 15) is 4.39 Å². The summed E-state index contributed by atoms with van der Waals surface area (Å²) in [6, 6.07) is 3.22. The number of fused-ring (bicyclic) bond motifs is 1. The predicted molar refractivity (Wildman–Crippen MR) is 72.9 cm³/mol. The Bertz CT molecular complexity index is 430. The molecular weight excluding hydrogens is 231 g/mol. The zero-order valence-electron chi connectivity index (χ0n) is 11.3. The van der Waals surface area contributed by atoms with Gasteiger partial charge in [0, 0.05) is 30.6 Å². The molecular formula is C14H21FN2O. The minimum atomic E-state index is -0.328. The van der Waals surface area contributed by atoms with E-state index in [0.29, 0.717) is 0 Å². The van der Waals surface area contributed by atoms with Crippen molar-refractivity contribution >= 4 is 11.4 Å². The van der Waals surface area contributed by atoms with E-state index in [0.717, 1.165) is 37.3 Å². The highest BCUT2D eigenvalue weighted by atomic mass is 19.1. The van der Waals surface area contributed by atoms with Crippen molar-refractivity contribution in [1.29, 1.82) is 0 Å². The number of hydrogen-bond donors (Lipinski definition) is 2. The molecule has 0 aromatic heterocycles. The van der Waals surface area contributed by atoms with Crippen LogP contribution in [0.3, 0.4) is 0 Å². The molecule has 0 aliphatic carbocycles. The molecule has 0 unspecified atom stereocenters. The molecule has 0 saturated carbocycles. The summed E-state index contributed by atoms with van der Waals surface area (Å²) in [6.45, 7) is 6.16. The van der Waals surface area contributed by atoms with Crippen LogP contribution in [0.4, 0.5) is 15.8 Å². The van der Waals surface area contributed by atoms with Crippen LogP contribution in [0.25, 0.3) is 0 Å². The molecule has 0 atom stereocenters. The van der Waals surface area contributed by atoms with Crippen molar-refractivity contribution in [3.63, 3.8) is 0 Å². The third kappa shape index (κ3) is 2.24. The first kappa shape index (κ1) is 13.0. The van der Waals surface area contributed by atoms with Gasteiger partial charge in [0.1, 0.15) is 0 Å². The van der Waals surface area contributed by atoms with Crippen LogP contribution in [0.1, 0.15) is 26.7 Å². The van der Waals surface area contributed by atoms with E-state index in [-0.39, 0.29) is 17.0 Å². The standard InChI is InChI=1S/C14H21FN2O/c1-4-14(5-2)8-16-11-6-10(15)13(18-3)7-12(11)17-9-14/h6-7,16-17H,4-5,8-9H2,1-3H3. The molecule has 0 spiro atoms. The number of methoxy groups -OCH3 is 1. The first-order valence-corrected chi connectivity index (χ1v) is 6.49. The Morgan fingerprint density at radius 3 is 2.22 bits per heavy atom. The average Bonchev–Trinajstić information content (AvgIpc) is 2.58. The van der Waals surface area contributed by atoms with Gasteiger partial charge in [0.25, 0.3) is 0 Å². The molecule has 3 nitrogen and oxygen atoms in total. The van der Waals surface area contributed by atoms with Crippen molar-refractivity contribution in [1.82, 2.24) is 0 Å². The molecule has 1 heterocycles. The summed E-state index contributed by atoms with van der Waals surface area (Å²) in [5, 5.41) is 6.76. The van der Waals surface area contributed by atoms with E-state index < -0.39 is 0 Å². The summed E-state index contributed by atoms with van der Waals surface area (Å²) in [4.78, 5) is 0. The molecule has 18 heavy (non-hydrogen) atoms. The van der Waals surface area contributed by atoms with Crippen LogP contribution >= 0.6 is 0 Å². The van der Waals surface area contributed by atoms with Gasteiger partial charge >= 0.3 is 0 Å². The molecule has 0 saturated heterocycles. The van der Waals surface area contributed by atoms with E-state index in [1.54, 1.807) is 6.07 Å². The maximum absolute atomic E-state index is 13.7. The summed E-state index contributed by atoms with van der Waals surface area (Å²) in [7, 11) is 1.48. The lowest BCUT2D eigenvalue weighted by molar-refractivity contribution is 0.307. The van der Waals surface area contributed by atoms with Gasteiger partial charge in [-0.15, -0.1) is 0 Å². The Labute approximate surface area is 108 Å². The maximum Gasteiger partial charge on any atom is 0.167 e. The molecule has 2 N–H and O–H groups in total. The number of rotatable bonds is 3. The fraction of sp³-hybridized carbons (Fsp3) is 0.571. The minimum absolute atomic E-state index is 0.225. The monoisotopic (exact) mass is 252 g/mol. The van der Waals surface area contributed by atoms with Crippen molar-refractivity contribution in [2.75, 3.05) is 30.8 Å². The van der Waals surface area contributed by atoms with Crippen molar-refractivity contribution < 1.29 is 9.13 Å². The van der Waals surface area contributed by atoms with Crippen LogP contribution in [0.5, 0.6) is 5.75 Å². The van der Waals surface area contributed by atoms with E-state index >= 15 is 0 Å². The zero-order chi connectivity index (χ0) is 13.2. The topological polar surface area (TPSA) is 33.3 Å². The largest absolute Gasteiger partial charge is 0.494 e. The molecule has 0 amide bonds. The highest BCUT2D eigenvalue weighted by molar-refractivity contribution is 5.72. The van der Waals surface area contributed by atoms with Gasteiger partial charge in [-0.3, -0.25) is 0 Å². The van der Waals surface area contributed by atoms with E-state index in [1.807, 2.05) is 0 Å². The minimum Gasteiger partial charge on any atom is -0.494 e. The molecule has 0 fully saturated rings. The second kappa shape index (κ2) is 5.04. The van der Waals surface area contributed by atoms with Gasteiger partial charge in [0.2, 0.25) is 0 Å². The van der Waals surface area contributed by atoms with Crippen molar-refractivity contribution in [2.24, 2.45) is 5.41 Å². The summed E-state index contributed by atoms with van der Waals surface area (Å²) in [6.07, 6.45) is 2.19. The van der Waals surface area contributed by atoms with E-state index in [2.05, 4.69) is 24.5 Å². The van der Waals surface area contributed by atoms with Crippen molar-refractivity contribution in [2.45, 2.75) is 26.7 Å². The van der Waals surface area contributed by atoms with Crippen molar-refractivity contribution in [3.05, 3.63) is 17.9 Å². The molecule has 1 aliphatic rings. The molecule has 2 rings (SSSR count). The van der Waals surface area contributed by atoms with E-state index in [1.165, 1.54) is 13.2 Å². The molecule has 4 heteroatoms. The van der Waals surface area contributed by atoms with E-state index in [4.69, 9.17) is 4.74 Å². The number of anilines is 2. The van der Waals surface area contributed by atoms with Gasteiger partial charge in [-0.2, -0.15) is 0 Å². The SMILES string of the molecule is CCC1(CC)CNc2cc(F)c(OC)cc2NC1. The normalized spacial score (nSPS) is 17.1. The molecule has 0 bridgehead atoms. The van der Waals surface area contributed by atoms with Gasteiger partial charge in [0.05, 0.1) is 18.5 Å². The summed E-state index contributed by atoms with van der Waals surface area (Å²) in [5.41, 5.74) is 1.96. The van der Waals surface area contributed by atoms with Gasteiger partial charge in [-0.25, -0.2) is 4.39 Å². The van der Waals surface area contributed by atoms with Crippen LogP contribution in [0, 0.1) is 11.2 Å². The average molecular weight is 252 g/mol. The summed E-state index contributed by atoms with van der Waals surface area (Å²) in [5.74, 6) is -0.0467. The van der Waals surface area contributed by atoms with Crippen LogP contribution in [-0.2, 0) is 0 Å². The molecule has 100 valence electrons. The molecule has 1 aliphatic heterocycles. The Morgan fingerprint density at radius 2 is 1.72 bits per heavy atom. The first-order valence-electron chi connectivity index (χ1n) is 6.49. The summed E-state index contributed by atoms with van der Waals surface area (Å²) >= 11 is 0. The van der Waals surface area contributed by atoms with Crippen LogP contribution in [-0.4, -0.2) is 20.2 Å². The number of ether oxygens (including phenoxy) is 1. The van der Waals surface area contributed by atoms with Crippen molar-refractivity contribution in [3.8, 4) is 5.75 Å². The lowest BCUT2D eigenvalue weighted by Gasteiger charge is -2.30. The highest BCUT2D eigenvalue weighted by Gasteiger charge is 2.29. The second-order valence-electron chi connectivity index (χ2n) is 4.95. The third-order valence-corrected chi connectivity index (χ3v) is 4.10. The van der Waals surface area contributed by atoms with Gasteiger partial charge in [0.15, 0.2) is 11.6 Å². The third-order valence-electron chi connectivity index (χ3n) is 4.10. The quantitative estimate of drug-likeness (QED) is 0.864. The van der Waals surface area contributed by atoms with Gasteiger partial charge < -0.3 is 15.4 Å². The van der Waals surface area contributed by atoms with Crippen LogP contribution in [0.15, 0.2) is 12.1 Å². The fourth-order valence-electron chi connectivity index (χ4n) is 2.38. The van der Waals surface area contributed by atoms with Crippen LogP contribution in [0.2, 0.25) is 0 Å². The highest BCUT2D eigenvalue weighted by Crippen LogP contribution is 2.36. The Kier molecular flexibility index (Phi) is 3.64. The number of hydrogen-bond acceptors (Lipinski definition) is 3. The molecule has 0 radical (unpaired) electrons. The smallest absolute Gasteiger partial charge is 0.167 e. The molecule has 1 aromatic rings. The Hall–Kier alpha value is -1.45. The predicted octanol–water partition coefficient (Wildman–Crippen LogP) is 3.48. The molecule has 1 aromatic carbocycles. The van der Waals surface area contributed by atoms with Crippen LogP contribution < -0.4 is 15.4 Å². The lowest BCUT2D eigenvalue weighted by Crippen LogP contribution is -2.33. The Morgan fingerprint density at radius 1 is 1.17 bits per heavy atom. The number of nitrogens with one attached hydrogen (secondary N) is 2. The second-order valence-corrected chi connectivity index (χ2v) is 4.95. The van der Waals surface area contributed by atoms with Gasteiger partial charge in [-0.1, -0.05) is 13.8 Å². The number of benzene rings is 1. The lowest BCUT2D eigenvalue weighted by atomic mass is 9.82. The number of halogens is 1. The first-order chi connectivity index (χ1) is 8.64. The zero-order valence-corrected chi connectivity index (χ0v) is 11.3. The summed E-state index contributed by atoms with van der Waals surface area (Å²) < 4.78 is 18.7.